The molecule has 1 aromatic heterocycles. The van der Waals surface area contributed by atoms with Gasteiger partial charge in [-0.3, -0.25) is 9.69 Å². The van der Waals surface area contributed by atoms with Crippen LogP contribution >= 0.6 is 0 Å². The van der Waals surface area contributed by atoms with Gasteiger partial charge in [0.2, 0.25) is 5.76 Å². The zero-order valence-corrected chi connectivity index (χ0v) is 13.3. The lowest BCUT2D eigenvalue weighted by molar-refractivity contribution is -0.0158. The van der Waals surface area contributed by atoms with Gasteiger partial charge in [-0.2, -0.15) is 0 Å². The number of carbonyl (C=O) groups is 1. The number of likely N-dealkylation sites (tertiary alicyclic amines) is 2. The molecule has 1 atom stereocenters. The fourth-order valence-electron chi connectivity index (χ4n) is 3.21. The number of aryl methyl sites for hydroxylation is 1. The minimum atomic E-state index is -2.69. The van der Waals surface area contributed by atoms with Crippen molar-refractivity contribution in [2.75, 3.05) is 32.8 Å². The number of amides is 1. The van der Waals surface area contributed by atoms with Crippen LogP contribution in [-0.2, 0) is 4.74 Å². The van der Waals surface area contributed by atoms with E-state index in [0.29, 0.717) is 32.0 Å². The number of alkyl halides is 2. The standard InChI is InChI=1S/C15H21F2N3O3/c1-3-22-8-11-5-15(16,17)9-20(11)12-6-19(7-12)14(21)13-4-10(2)18-23-13/h4,11-12H,3,5-9H2,1-2H3/t11-/m0/s1. The molecule has 0 aliphatic carbocycles. The first-order valence-electron chi connectivity index (χ1n) is 7.83. The van der Waals surface area contributed by atoms with Gasteiger partial charge in [-0.25, -0.2) is 8.78 Å². The van der Waals surface area contributed by atoms with Gasteiger partial charge in [0.1, 0.15) is 0 Å². The van der Waals surface area contributed by atoms with Crippen LogP contribution in [0.2, 0.25) is 0 Å². The third-order valence-electron chi connectivity index (χ3n) is 4.39. The van der Waals surface area contributed by atoms with Gasteiger partial charge < -0.3 is 14.2 Å². The monoisotopic (exact) mass is 329 g/mol. The van der Waals surface area contributed by atoms with Gasteiger partial charge in [-0.05, 0) is 13.8 Å². The van der Waals surface area contributed by atoms with Gasteiger partial charge in [0, 0.05) is 44.3 Å². The Morgan fingerprint density at radius 1 is 1.52 bits per heavy atom. The minimum Gasteiger partial charge on any atom is -0.380 e. The van der Waals surface area contributed by atoms with Crippen molar-refractivity contribution in [1.82, 2.24) is 15.0 Å². The number of nitrogens with zero attached hydrogens (tertiary/aromatic N) is 3. The van der Waals surface area contributed by atoms with E-state index in [4.69, 9.17) is 9.26 Å². The lowest BCUT2D eigenvalue weighted by Gasteiger charge is -2.45. The maximum Gasteiger partial charge on any atom is 0.292 e. The molecule has 0 unspecified atom stereocenters. The second kappa shape index (κ2) is 6.16. The van der Waals surface area contributed by atoms with Crippen LogP contribution in [0.15, 0.2) is 10.6 Å². The van der Waals surface area contributed by atoms with Crippen LogP contribution in [0.3, 0.4) is 0 Å². The van der Waals surface area contributed by atoms with E-state index in [2.05, 4.69) is 5.16 Å². The van der Waals surface area contributed by atoms with E-state index in [1.807, 2.05) is 6.92 Å². The third-order valence-corrected chi connectivity index (χ3v) is 4.39. The summed E-state index contributed by atoms with van der Waals surface area (Å²) in [5.74, 6) is -2.73. The van der Waals surface area contributed by atoms with Crippen molar-refractivity contribution < 1.29 is 22.8 Å². The predicted octanol–water partition coefficient (Wildman–Crippen LogP) is 1.55. The molecule has 3 heterocycles. The largest absolute Gasteiger partial charge is 0.380 e. The average Bonchev–Trinajstić information content (AvgIpc) is 2.98. The Labute approximate surface area is 133 Å². The van der Waals surface area contributed by atoms with Crippen molar-refractivity contribution in [1.29, 1.82) is 0 Å². The van der Waals surface area contributed by atoms with Gasteiger partial charge in [0.25, 0.3) is 11.8 Å². The Morgan fingerprint density at radius 3 is 2.87 bits per heavy atom. The van der Waals surface area contributed by atoms with Gasteiger partial charge in [-0.15, -0.1) is 0 Å². The summed E-state index contributed by atoms with van der Waals surface area (Å²) in [5.41, 5.74) is 0.640. The van der Waals surface area contributed by atoms with E-state index >= 15 is 0 Å². The Balaban J connectivity index is 1.58. The number of hydrogen-bond donors (Lipinski definition) is 0. The Morgan fingerprint density at radius 2 is 2.26 bits per heavy atom. The summed E-state index contributed by atoms with van der Waals surface area (Å²) in [6.07, 6.45) is -0.182. The molecule has 1 aromatic rings. The quantitative estimate of drug-likeness (QED) is 0.820. The highest BCUT2D eigenvalue weighted by atomic mass is 19.3. The van der Waals surface area contributed by atoms with Crippen molar-refractivity contribution in [3.05, 3.63) is 17.5 Å². The smallest absolute Gasteiger partial charge is 0.292 e. The van der Waals surface area contributed by atoms with Crippen molar-refractivity contribution >= 4 is 5.91 Å². The molecule has 0 aromatic carbocycles. The van der Waals surface area contributed by atoms with Crippen molar-refractivity contribution in [2.24, 2.45) is 0 Å². The van der Waals surface area contributed by atoms with Crippen molar-refractivity contribution in [2.45, 2.75) is 38.3 Å². The number of halogens is 2. The minimum absolute atomic E-state index is 0.0539. The van der Waals surface area contributed by atoms with Crippen LogP contribution in [0.5, 0.6) is 0 Å². The van der Waals surface area contributed by atoms with Crippen LogP contribution in [0.1, 0.15) is 29.6 Å². The molecule has 0 radical (unpaired) electrons. The molecule has 0 saturated carbocycles. The lowest BCUT2D eigenvalue weighted by atomic mass is 10.1. The molecule has 0 N–H and O–H groups in total. The summed E-state index contributed by atoms with van der Waals surface area (Å²) in [6, 6.07) is 1.24. The number of hydrogen-bond acceptors (Lipinski definition) is 5. The molecule has 1 amide bonds. The van der Waals surface area contributed by atoms with E-state index in [-0.39, 0.29) is 36.7 Å². The fourth-order valence-corrected chi connectivity index (χ4v) is 3.21. The molecule has 3 rings (SSSR count). The molecule has 2 aliphatic heterocycles. The molecule has 0 spiro atoms. The molecule has 0 bridgehead atoms. The van der Waals surface area contributed by atoms with E-state index in [0.717, 1.165) is 0 Å². The van der Waals surface area contributed by atoms with Crippen LogP contribution in [0.4, 0.5) is 8.78 Å². The van der Waals surface area contributed by atoms with Crippen LogP contribution in [0.25, 0.3) is 0 Å². The van der Waals surface area contributed by atoms with E-state index in [1.165, 1.54) is 0 Å². The second-order valence-electron chi connectivity index (χ2n) is 6.24. The predicted molar refractivity (Wildman–Crippen MR) is 77.5 cm³/mol. The average molecular weight is 329 g/mol. The first-order chi connectivity index (χ1) is 10.9. The Hall–Kier alpha value is -1.54. The number of ether oxygens (including phenoxy) is 1. The van der Waals surface area contributed by atoms with Crippen LogP contribution in [-0.4, -0.2) is 71.7 Å². The van der Waals surface area contributed by atoms with Crippen LogP contribution < -0.4 is 0 Å². The first kappa shape index (κ1) is 16.3. The van der Waals surface area contributed by atoms with Crippen molar-refractivity contribution in [3.8, 4) is 0 Å². The normalized spacial score (nSPS) is 24.9. The fraction of sp³-hybridized carbons (Fsp3) is 0.733. The van der Waals surface area contributed by atoms with Crippen LogP contribution in [0, 0.1) is 6.92 Å². The summed E-state index contributed by atoms with van der Waals surface area (Å²) < 4.78 is 37.7. The molecule has 23 heavy (non-hydrogen) atoms. The van der Waals surface area contributed by atoms with E-state index < -0.39 is 5.92 Å². The van der Waals surface area contributed by atoms with Crippen molar-refractivity contribution in [3.63, 3.8) is 0 Å². The zero-order valence-electron chi connectivity index (χ0n) is 13.3. The van der Waals surface area contributed by atoms with E-state index in [1.54, 1.807) is 22.8 Å². The molecule has 2 saturated heterocycles. The molecular weight excluding hydrogens is 308 g/mol. The molecule has 2 aliphatic rings. The summed E-state index contributed by atoms with van der Waals surface area (Å²) in [4.78, 5) is 15.6. The summed E-state index contributed by atoms with van der Waals surface area (Å²) in [7, 11) is 0. The maximum atomic E-state index is 13.7. The Bertz CT molecular complexity index is 572. The molecular formula is C15H21F2N3O3. The maximum absolute atomic E-state index is 13.7. The first-order valence-corrected chi connectivity index (χ1v) is 7.83. The summed E-state index contributed by atoms with van der Waals surface area (Å²) in [5, 5.41) is 3.69. The molecule has 8 heteroatoms. The summed E-state index contributed by atoms with van der Waals surface area (Å²) in [6.45, 7) is 4.99. The van der Waals surface area contributed by atoms with Gasteiger partial charge in [0.05, 0.1) is 18.8 Å². The number of rotatable bonds is 5. The lowest BCUT2D eigenvalue weighted by Crippen LogP contribution is -2.62. The highest BCUT2D eigenvalue weighted by Gasteiger charge is 2.50. The van der Waals surface area contributed by atoms with Gasteiger partial charge in [-0.1, -0.05) is 5.16 Å². The molecule has 2 fully saturated rings. The topological polar surface area (TPSA) is 58.8 Å². The molecule has 6 nitrogen and oxygen atoms in total. The second-order valence-corrected chi connectivity index (χ2v) is 6.24. The SMILES string of the molecule is CCOC[C@@H]1CC(F)(F)CN1C1CN(C(=O)c2cc(C)no2)C1. The highest BCUT2D eigenvalue weighted by Crippen LogP contribution is 2.35. The number of carbonyl (C=O) groups excluding carboxylic acids is 1. The molecule has 128 valence electrons. The number of aromatic nitrogens is 1. The van der Waals surface area contributed by atoms with Gasteiger partial charge in [0.15, 0.2) is 0 Å². The highest BCUT2D eigenvalue weighted by molar-refractivity contribution is 5.92. The zero-order chi connectivity index (χ0) is 16.6. The summed E-state index contributed by atoms with van der Waals surface area (Å²) >= 11 is 0. The Kier molecular flexibility index (Phi) is 4.37. The van der Waals surface area contributed by atoms with Gasteiger partial charge >= 0.3 is 0 Å². The third kappa shape index (κ3) is 3.37. The van der Waals surface area contributed by atoms with E-state index in [9.17, 15) is 13.6 Å².